The van der Waals surface area contributed by atoms with Gasteiger partial charge in [0.25, 0.3) is 5.91 Å². The monoisotopic (exact) mass is 388 g/mol. The van der Waals surface area contributed by atoms with E-state index in [0.29, 0.717) is 11.6 Å². The standard InChI is InChI=1S/C23H24N4O2/c1-15-12-27-13-17(9-18(27)14-29-15)25-23(28)20-10-22(16-5-4-8-24-11-16)26-21-7-3-2-6-19(20)21/h2-8,10-11,15,17-18H,9,12-14H2,1H3,(H,25,28)/t15-,17-,18-/m0/s1. The molecule has 1 aromatic carbocycles. The molecule has 0 bridgehead atoms. The number of hydrogen-bond acceptors (Lipinski definition) is 5. The maximum absolute atomic E-state index is 13.3. The Morgan fingerprint density at radius 3 is 2.97 bits per heavy atom. The van der Waals surface area contributed by atoms with Gasteiger partial charge in [-0.15, -0.1) is 0 Å². The maximum Gasteiger partial charge on any atom is 0.252 e. The van der Waals surface area contributed by atoms with Crippen molar-refractivity contribution in [2.45, 2.75) is 31.5 Å². The van der Waals surface area contributed by atoms with Crippen LogP contribution in [0.15, 0.2) is 54.9 Å². The lowest BCUT2D eigenvalue weighted by atomic mass is 10.0. The van der Waals surface area contributed by atoms with Crippen LogP contribution < -0.4 is 5.32 Å². The predicted molar refractivity (Wildman–Crippen MR) is 112 cm³/mol. The Hall–Kier alpha value is -2.83. The number of fused-ring (bicyclic) bond motifs is 2. The number of ether oxygens (including phenoxy) is 1. The Morgan fingerprint density at radius 2 is 2.10 bits per heavy atom. The lowest BCUT2D eigenvalue weighted by molar-refractivity contribution is -0.0390. The SMILES string of the molecule is C[C@H]1CN2C[C@@H](NC(=O)c3cc(-c4cccnc4)nc4ccccc34)C[C@H]2CO1. The second-order valence-corrected chi connectivity index (χ2v) is 7.97. The molecular weight excluding hydrogens is 364 g/mol. The zero-order chi connectivity index (χ0) is 19.8. The molecule has 2 aliphatic heterocycles. The summed E-state index contributed by atoms with van der Waals surface area (Å²) in [7, 11) is 0. The topological polar surface area (TPSA) is 67.4 Å². The number of carbonyl (C=O) groups is 1. The average molecular weight is 388 g/mol. The minimum Gasteiger partial charge on any atom is -0.376 e. The van der Waals surface area contributed by atoms with Crippen LogP contribution in [-0.2, 0) is 4.74 Å². The van der Waals surface area contributed by atoms with Gasteiger partial charge in [-0.2, -0.15) is 0 Å². The summed E-state index contributed by atoms with van der Waals surface area (Å²) in [5.74, 6) is -0.0486. The lowest BCUT2D eigenvalue weighted by Crippen LogP contribution is -2.45. The highest BCUT2D eigenvalue weighted by atomic mass is 16.5. The van der Waals surface area contributed by atoms with E-state index in [1.807, 2.05) is 42.5 Å². The van der Waals surface area contributed by atoms with Crippen LogP contribution in [-0.4, -0.2) is 58.7 Å². The smallest absolute Gasteiger partial charge is 0.252 e. The molecule has 0 saturated carbocycles. The van der Waals surface area contributed by atoms with E-state index in [-0.39, 0.29) is 18.1 Å². The Kier molecular flexibility index (Phi) is 4.73. The molecule has 0 spiro atoms. The number of morpholine rings is 1. The fourth-order valence-corrected chi connectivity index (χ4v) is 4.43. The normalized spacial score (nSPS) is 24.4. The van der Waals surface area contributed by atoms with E-state index >= 15 is 0 Å². The fourth-order valence-electron chi connectivity index (χ4n) is 4.43. The molecule has 0 radical (unpaired) electrons. The third-order valence-electron chi connectivity index (χ3n) is 5.85. The summed E-state index contributed by atoms with van der Waals surface area (Å²) in [6.45, 7) is 4.66. The predicted octanol–water partition coefficient (Wildman–Crippen LogP) is 2.89. The molecule has 1 amide bonds. The highest BCUT2D eigenvalue weighted by Crippen LogP contribution is 2.26. The first-order valence-corrected chi connectivity index (χ1v) is 10.1. The van der Waals surface area contributed by atoms with Crippen molar-refractivity contribution in [3.8, 4) is 11.3 Å². The maximum atomic E-state index is 13.3. The molecule has 4 heterocycles. The third kappa shape index (κ3) is 3.61. The summed E-state index contributed by atoms with van der Waals surface area (Å²) in [6, 6.07) is 14.0. The van der Waals surface area contributed by atoms with Gasteiger partial charge in [0.1, 0.15) is 0 Å². The molecule has 2 fully saturated rings. The zero-order valence-electron chi connectivity index (χ0n) is 16.4. The van der Waals surface area contributed by atoms with Crippen LogP contribution in [0.3, 0.4) is 0 Å². The van der Waals surface area contributed by atoms with Gasteiger partial charge in [-0.3, -0.25) is 14.7 Å². The van der Waals surface area contributed by atoms with Gasteiger partial charge in [-0.05, 0) is 37.6 Å². The molecule has 3 aromatic rings. The van der Waals surface area contributed by atoms with Crippen molar-refractivity contribution in [1.82, 2.24) is 20.2 Å². The quantitative estimate of drug-likeness (QED) is 0.747. The lowest BCUT2D eigenvalue weighted by Gasteiger charge is -2.33. The summed E-state index contributed by atoms with van der Waals surface area (Å²) in [4.78, 5) is 24.6. The number of aromatic nitrogens is 2. The van der Waals surface area contributed by atoms with Crippen LogP contribution in [0.4, 0.5) is 0 Å². The van der Waals surface area contributed by atoms with E-state index in [1.54, 1.807) is 12.4 Å². The fraction of sp³-hybridized carbons (Fsp3) is 0.348. The second-order valence-electron chi connectivity index (χ2n) is 7.97. The molecule has 2 aromatic heterocycles. The summed E-state index contributed by atoms with van der Waals surface area (Å²) < 4.78 is 5.78. The van der Waals surface area contributed by atoms with E-state index in [2.05, 4.69) is 22.1 Å². The molecule has 1 N–H and O–H groups in total. The van der Waals surface area contributed by atoms with Gasteiger partial charge >= 0.3 is 0 Å². The average Bonchev–Trinajstić information content (AvgIpc) is 3.14. The van der Waals surface area contributed by atoms with Crippen LogP contribution >= 0.6 is 0 Å². The van der Waals surface area contributed by atoms with E-state index in [1.165, 1.54) is 0 Å². The van der Waals surface area contributed by atoms with Gasteiger partial charge in [0.2, 0.25) is 0 Å². The first-order chi connectivity index (χ1) is 14.2. The molecule has 0 aliphatic carbocycles. The third-order valence-corrected chi connectivity index (χ3v) is 5.85. The van der Waals surface area contributed by atoms with Crippen molar-refractivity contribution in [2.24, 2.45) is 0 Å². The molecular formula is C23H24N4O2. The first kappa shape index (κ1) is 18.2. The Bertz CT molecular complexity index is 1040. The summed E-state index contributed by atoms with van der Waals surface area (Å²) >= 11 is 0. The van der Waals surface area contributed by atoms with Gasteiger partial charge in [-0.25, -0.2) is 4.98 Å². The number of benzene rings is 1. The molecule has 0 unspecified atom stereocenters. The molecule has 29 heavy (non-hydrogen) atoms. The number of hydrogen-bond donors (Lipinski definition) is 1. The van der Waals surface area contributed by atoms with Gasteiger partial charge in [-0.1, -0.05) is 18.2 Å². The number of carbonyl (C=O) groups excluding carboxylic acids is 1. The summed E-state index contributed by atoms with van der Waals surface area (Å²) in [5.41, 5.74) is 3.12. The molecule has 5 rings (SSSR count). The number of rotatable bonds is 3. The van der Waals surface area contributed by atoms with Crippen LogP contribution in [0.1, 0.15) is 23.7 Å². The van der Waals surface area contributed by atoms with Gasteiger partial charge < -0.3 is 10.1 Å². The zero-order valence-corrected chi connectivity index (χ0v) is 16.4. The number of nitrogens with zero attached hydrogens (tertiary/aromatic N) is 3. The van der Waals surface area contributed by atoms with Gasteiger partial charge in [0.05, 0.1) is 29.5 Å². The molecule has 148 valence electrons. The molecule has 2 saturated heterocycles. The van der Waals surface area contributed by atoms with Crippen LogP contribution in [0.2, 0.25) is 0 Å². The van der Waals surface area contributed by atoms with E-state index < -0.39 is 0 Å². The van der Waals surface area contributed by atoms with Crippen molar-refractivity contribution >= 4 is 16.8 Å². The van der Waals surface area contributed by atoms with Crippen molar-refractivity contribution < 1.29 is 9.53 Å². The summed E-state index contributed by atoms with van der Waals surface area (Å²) in [6.07, 6.45) is 4.69. The van der Waals surface area contributed by atoms with Crippen molar-refractivity contribution in [2.75, 3.05) is 19.7 Å². The van der Waals surface area contributed by atoms with Gasteiger partial charge in [0, 0.05) is 48.5 Å². The highest BCUT2D eigenvalue weighted by molar-refractivity contribution is 6.07. The summed E-state index contributed by atoms with van der Waals surface area (Å²) in [5, 5.41) is 4.12. The number of pyridine rings is 2. The molecule has 6 nitrogen and oxygen atoms in total. The molecule has 6 heteroatoms. The minimum atomic E-state index is -0.0486. The first-order valence-electron chi connectivity index (χ1n) is 10.1. The van der Waals surface area contributed by atoms with Crippen LogP contribution in [0.5, 0.6) is 0 Å². The number of nitrogens with one attached hydrogen (secondary N) is 1. The minimum absolute atomic E-state index is 0.0486. The Balaban J connectivity index is 1.44. The second kappa shape index (κ2) is 7.54. The molecule has 3 atom stereocenters. The Labute approximate surface area is 169 Å². The van der Waals surface area contributed by atoms with Crippen LogP contribution in [0, 0.1) is 0 Å². The van der Waals surface area contributed by atoms with E-state index in [9.17, 15) is 4.79 Å². The Morgan fingerprint density at radius 1 is 1.21 bits per heavy atom. The van der Waals surface area contributed by atoms with Crippen molar-refractivity contribution in [1.29, 1.82) is 0 Å². The van der Waals surface area contributed by atoms with E-state index in [0.717, 1.165) is 48.3 Å². The largest absolute Gasteiger partial charge is 0.376 e. The van der Waals surface area contributed by atoms with Gasteiger partial charge in [0.15, 0.2) is 0 Å². The van der Waals surface area contributed by atoms with E-state index in [4.69, 9.17) is 9.72 Å². The van der Waals surface area contributed by atoms with Crippen molar-refractivity contribution in [3.05, 3.63) is 60.4 Å². The highest BCUT2D eigenvalue weighted by Gasteiger charge is 2.37. The van der Waals surface area contributed by atoms with Crippen LogP contribution in [0.25, 0.3) is 22.2 Å². The van der Waals surface area contributed by atoms with Crippen molar-refractivity contribution in [3.63, 3.8) is 0 Å². The molecule has 2 aliphatic rings. The number of amides is 1. The number of para-hydroxylation sites is 1.